The Morgan fingerprint density at radius 1 is 1.33 bits per heavy atom. The molecule has 0 saturated carbocycles. The van der Waals surface area contributed by atoms with E-state index in [1.165, 1.54) is 0 Å². The molecule has 152 valence electrons. The molecule has 1 fully saturated rings. The largest absolute Gasteiger partial charge is 0.489 e. The molecule has 0 spiro atoms. The van der Waals surface area contributed by atoms with Gasteiger partial charge in [-0.3, -0.25) is 4.79 Å². The number of hydrogen-bond donors (Lipinski definition) is 2. The molecule has 1 amide bonds. The molecule has 6 nitrogen and oxygen atoms in total. The molecule has 1 unspecified atom stereocenters. The first-order chi connectivity index (χ1) is 12.6. The standard InChI is InChI=1S/C20H32N4O2.HI/c1-4-21-20(22-12-8-14-24-13-7-11-19(24)25)23-15-17(3)26-18-10-6-5-9-16(18)2;/h5-6,9-10,17H,4,7-8,11-15H2,1-3H3,(H2,21,22,23);1H. The highest BCUT2D eigenvalue weighted by Gasteiger charge is 2.18. The van der Waals surface area contributed by atoms with Crippen LogP contribution in [0, 0.1) is 6.92 Å². The second-order valence-electron chi connectivity index (χ2n) is 6.68. The Hall–Kier alpha value is -1.51. The lowest BCUT2D eigenvalue weighted by Gasteiger charge is -2.17. The number of likely N-dealkylation sites (tertiary alicyclic amines) is 1. The van der Waals surface area contributed by atoms with Crippen molar-refractivity contribution in [1.29, 1.82) is 0 Å². The Bertz CT molecular complexity index is 609. The van der Waals surface area contributed by atoms with Crippen molar-refractivity contribution in [2.24, 2.45) is 4.99 Å². The summed E-state index contributed by atoms with van der Waals surface area (Å²) in [5, 5.41) is 6.59. The van der Waals surface area contributed by atoms with Crippen molar-refractivity contribution in [2.45, 2.75) is 46.1 Å². The first-order valence-electron chi connectivity index (χ1n) is 9.62. The summed E-state index contributed by atoms with van der Waals surface area (Å²) in [7, 11) is 0. The van der Waals surface area contributed by atoms with E-state index >= 15 is 0 Å². The Balaban J connectivity index is 0.00000364. The Labute approximate surface area is 180 Å². The molecule has 0 aromatic heterocycles. The number of guanidine groups is 1. The number of carbonyl (C=O) groups excluding carboxylic acids is 1. The lowest BCUT2D eigenvalue weighted by atomic mass is 10.2. The number of carbonyl (C=O) groups is 1. The van der Waals surface area contributed by atoms with Gasteiger partial charge < -0.3 is 20.3 Å². The van der Waals surface area contributed by atoms with Crippen LogP contribution in [0.15, 0.2) is 29.3 Å². The minimum atomic E-state index is -0.00576. The Morgan fingerprint density at radius 2 is 2.11 bits per heavy atom. The molecule has 27 heavy (non-hydrogen) atoms. The molecule has 1 saturated heterocycles. The number of hydrogen-bond acceptors (Lipinski definition) is 3. The van der Waals surface area contributed by atoms with E-state index < -0.39 is 0 Å². The van der Waals surface area contributed by atoms with Crippen LogP contribution in [0.5, 0.6) is 5.75 Å². The van der Waals surface area contributed by atoms with Crippen LogP contribution in [0.1, 0.15) is 38.7 Å². The summed E-state index contributed by atoms with van der Waals surface area (Å²) in [6.45, 7) is 10.0. The van der Waals surface area contributed by atoms with Crippen molar-refractivity contribution in [2.75, 3.05) is 32.7 Å². The monoisotopic (exact) mass is 488 g/mol. The third-order valence-corrected chi connectivity index (χ3v) is 4.34. The fourth-order valence-electron chi connectivity index (χ4n) is 2.92. The van der Waals surface area contributed by atoms with Crippen LogP contribution in [0.4, 0.5) is 0 Å². The highest BCUT2D eigenvalue weighted by molar-refractivity contribution is 14.0. The molecule has 1 aliphatic rings. The van der Waals surface area contributed by atoms with Crippen LogP contribution in [0.25, 0.3) is 0 Å². The second kappa shape index (κ2) is 12.8. The maximum atomic E-state index is 11.6. The molecule has 0 radical (unpaired) electrons. The predicted molar refractivity (Wildman–Crippen MR) is 121 cm³/mol. The SMILES string of the molecule is CCNC(=NCC(C)Oc1ccccc1C)NCCCN1CCCC1=O.I. The van der Waals surface area contributed by atoms with Crippen molar-refractivity contribution >= 4 is 35.8 Å². The summed E-state index contributed by atoms with van der Waals surface area (Å²) in [5.41, 5.74) is 1.13. The summed E-state index contributed by atoms with van der Waals surface area (Å²) in [4.78, 5) is 18.2. The average molecular weight is 488 g/mol. The van der Waals surface area contributed by atoms with Gasteiger partial charge in [-0.25, -0.2) is 4.99 Å². The second-order valence-corrected chi connectivity index (χ2v) is 6.68. The highest BCUT2D eigenvalue weighted by Crippen LogP contribution is 2.17. The van der Waals surface area contributed by atoms with Crippen molar-refractivity contribution in [1.82, 2.24) is 15.5 Å². The maximum absolute atomic E-state index is 11.6. The van der Waals surface area contributed by atoms with Crippen LogP contribution in [0.2, 0.25) is 0 Å². The van der Waals surface area contributed by atoms with Crippen LogP contribution >= 0.6 is 24.0 Å². The molecule has 2 N–H and O–H groups in total. The number of amides is 1. The number of nitrogens with zero attached hydrogens (tertiary/aromatic N) is 2. The van der Waals surface area contributed by atoms with Gasteiger partial charge in [0.05, 0.1) is 6.54 Å². The van der Waals surface area contributed by atoms with Crippen molar-refractivity contribution in [3.05, 3.63) is 29.8 Å². The van der Waals surface area contributed by atoms with Gasteiger partial charge in [-0.15, -0.1) is 24.0 Å². The van der Waals surface area contributed by atoms with E-state index in [1.54, 1.807) is 0 Å². The molecule has 2 rings (SSSR count). The zero-order valence-corrected chi connectivity index (χ0v) is 19.0. The third-order valence-electron chi connectivity index (χ3n) is 4.34. The van der Waals surface area contributed by atoms with E-state index in [1.807, 2.05) is 49.9 Å². The van der Waals surface area contributed by atoms with Crippen molar-refractivity contribution < 1.29 is 9.53 Å². The maximum Gasteiger partial charge on any atom is 0.222 e. The van der Waals surface area contributed by atoms with Gasteiger partial charge in [-0.2, -0.15) is 0 Å². The number of para-hydroxylation sites is 1. The van der Waals surface area contributed by atoms with E-state index in [4.69, 9.17) is 4.74 Å². The fourth-order valence-corrected chi connectivity index (χ4v) is 2.92. The molecule has 0 aliphatic carbocycles. The summed E-state index contributed by atoms with van der Waals surface area (Å²) in [6, 6.07) is 8.02. The molecule has 1 heterocycles. The lowest BCUT2D eigenvalue weighted by Crippen LogP contribution is -2.39. The predicted octanol–water partition coefficient (Wildman–Crippen LogP) is 2.95. The molecule has 1 aliphatic heterocycles. The molecule has 1 aromatic carbocycles. The molecule has 1 aromatic rings. The van der Waals surface area contributed by atoms with Gasteiger partial charge >= 0.3 is 0 Å². The van der Waals surface area contributed by atoms with E-state index in [0.29, 0.717) is 13.0 Å². The summed E-state index contributed by atoms with van der Waals surface area (Å²) >= 11 is 0. The summed E-state index contributed by atoms with van der Waals surface area (Å²) in [5.74, 6) is 1.98. The molecular formula is C20H33IN4O2. The van der Waals surface area contributed by atoms with E-state index in [0.717, 1.165) is 56.3 Å². The van der Waals surface area contributed by atoms with Gasteiger partial charge in [0, 0.05) is 32.6 Å². The normalized spacial score (nSPS) is 15.3. The molecule has 7 heteroatoms. The summed E-state index contributed by atoms with van der Waals surface area (Å²) < 4.78 is 5.97. The van der Waals surface area contributed by atoms with Crippen molar-refractivity contribution in [3.63, 3.8) is 0 Å². The quantitative estimate of drug-likeness (QED) is 0.243. The van der Waals surface area contributed by atoms with Crippen LogP contribution in [0.3, 0.4) is 0 Å². The van der Waals surface area contributed by atoms with Gasteiger partial charge in [0.15, 0.2) is 5.96 Å². The van der Waals surface area contributed by atoms with Gasteiger partial charge in [-0.1, -0.05) is 18.2 Å². The first-order valence-corrected chi connectivity index (χ1v) is 9.62. The highest BCUT2D eigenvalue weighted by atomic mass is 127. The number of nitrogens with one attached hydrogen (secondary N) is 2. The Kier molecular flexibility index (Phi) is 11.2. The zero-order valence-electron chi connectivity index (χ0n) is 16.7. The topological polar surface area (TPSA) is 66.0 Å². The average Bonchev–Trinajstić information content (AvgIpc) is 3.03. The molecular weight excluding hydrogens is 455 g/mol. The number of ether oxygens (including phenoxy) is 1. The van der Waals surface area contributed by atoms with Gasteiger partial charge in [0.1, 0.15) is 11.9 Å². The minimum Gasteiger partial charge on any atom is -0.489 e. The molecule has 0 bridgehead atoms. The Morgan fingerprint density at radius 3 is 2.78 bits per heavy atom. The van der Waals surface area contributed by atoms with Gasteiger partial charge in [0.25, 0.3) is 0 Å². The van der Waals surface area contributed by atoms with Crippen LogP contribution < -0.4 is 15.4 Å². The van der Waals surface area contributed by atoms with Crippen LogP contribution in [-0.2, 0) is 4.79 Å². The lowest BCUT2D eigenvalue weighted by molar-refractivity contribution is -0.127. The number of aryl methyl sites for hydroxylation is 1. The van der Waals surface area contributed by atoms with Gasteiger partial charge in [-0.05, 0) is 45.2 Å². The number of rotatable bonds is 9. The fraction of sp³-hybridized carbons (Fsp3) is 0.600. The number of benzene rings is 1. The summed E-state index contributed by atoms with van der Waals surface area (Å²) in [6.07, 6.45) is 2.62. The first kappa shape index (κ1) is 23.5. The molecule has 1 atom stereocenters. The number of halogens is 1. The zero-order chi connectivity index (χ0) is 18.8. The van der Waals surface area contributed by atoms with Crippen molar-refractivity contribution in [3.8, 4) is 5.75 Å². The van der Waals surface area contributed by atoms with Gasteiger partial charge in [0.2, 0.25) is 5.91 Å². The minimum absolute atomic E-state index is 0. The van der Waals surface area contributed by atoms with E-state index in [-0.39, 0.29) is 36.0 Å². The third kappa shape index (κ3) is 8.36. The van der Waals surface area contributed by atoms with E-state index in [9.17, 15) is 4.79 Å². The smallest absolute Gasteiger partial charge is 0.222 e. The van der Waals surface area contributed by atoms with E-state index in [2.05, 4.69) is 15.6 Å². The van der Waals surface area contributed by atoms with Crippen LogP contribution in [-0.4, -0.2) is 55.6 Å². The number of aliphatic imine (C=N–C) groups is 1.